The molecule has 19 heavy (non-hydrogen) atoms. The second kappa shape index (κ2) is 6.18. The molecule has 1 aromatic carbocycles. The van der Waals surface area contributed by atoms with Gasteiger partial charge in [-0.05, 0) is 44.5 Å². The lowest BCUT2D eigenvalue weighted by molar-refractivity contribution is 0.432. The highest BCUT2D eigenvalue weighted by Crippen LogP contribution is 2.17. The summed E-state index contributed by atoms with van der Waals surface area (Å²) < 4.78 is 22.6. The van der Waals surface area contributed by atoms with Gasteiger partial charge in [0.2, 0.25) is 0 Å². The highest BCUT2D eigenvalue weighted by molar-refractivity contribution is 7.90. The Morgan fingerprint density at radius 1 is 1.26 bits per heavy atom. The van der Waals surface area contributed by atoms with Crippen molar-refractivity contribution in [1.29, 1.82) is 5.26 Å². The molecule has 104 valence electrons. The number of hydrogen-bond acceptors (Lipinski definition) is 4. The number of benzene rings is 1. The fourth-order valence-electron chi connectivity index (χ4n) is 1.54. The molecule has 0 aromatic heterocycles. The molecule has 0 aliphatic carbocycles. The van der Waals surface area contributed by atoms with E-state index in [4.69, 9.17) is 5.26 Å². The molecule has 0 saturated heterocycles. The van der Waals surface area contributed by atoms with Gasteiger partial charge in [-0.25, -0.2) is 8.42 Å². The third kappa shape index (κ3) is 5.41. The summed E-state index contributed by atoms with van der Waals surface area (Å²) in [7, 11) is -3.12. The Bertz CT molecular complexity index is 554. The van der Waals surface area contributed by atoms with Gasteiger partial charge in [-0.2, -0.15) is 5.26 Å². The molecule has 0 unspecified atom stereocenters. The standard InChI is InChI=1S/C14H20N2O2S/c1-14(2,11-15)8-9-16-10-12-4-6-13(7-5-12)19(3,17)18/h4-7,16H,8-10H2,1-3H3. The van der Waals surface area contributed by atoms with Gasteiger partial charge in [0.15, 0.2) is 9.84 Å². The Kier molecular flexibility index (Phi) is 5.10. The van der Waals surface area contributed by atoms with Gasteiger partial charge in [-0.15, -0.1) is 0 Å². The summed E-state index contributed by atoms with van der Waals surface area (Å²) in [4.78, 5) is 0.335. The second-order valence-corrected chi connectivity index (χ2v) is 7.35. The first-order valence-corrected chi connectivity index (χ1v) is 8.05. The Labute approximate surface area is 115 Å². The smallest absolute Gasteiger partial charge is 0.175 e. The molecular weight excluding hydrogens is 260 g/mol. The van der Waals surface area contributed by atoms with Gasteiger partial charge in [0.05, 0.1) is 16.4 Å². The van der Waals surface area contributed by atoms with E-state index in [-0.39, 0.29) is 5.41 Å². The van der Waals surface area contributed by atoms with Gasteiger partial charge in [0.25, 0.3) is 0 Å². The van der Waals surface area contributed by atoms with Crippen molar-refractivity contribution in [3.05, 3.63) is 29.8 Å². The number of hydrogen-bond donors (Lipinski definition) is 1. The van der Waals surface area contributed by atoms with Gasteiger partial charge in [-0.3, -0.25) is 0 Å². The predicted molar refractivity (Wildman–Crippen MR) is 75.3 cm³/mol. The average molecular weight is 280 g/mol. The first-order chi connectivity index (χ1) is 8.74. The van der Waals surface area contributed by atoms with Crippen LogP contribution in [-0.4, -0.2) is 21.2 Å². The summed E-state index contributed by atoms with van der Waals surface area (Å²) in [5.74, 6) is 0. The second-order valence-electron chi connectivity index (χ2n) is 5.34. The number of nitriles is 1. The van der Waals surface area contributed by atoms with Crippen LogP contribution in [-0.2, 0) is 16.4 Å². The topological polar surface area (TPSA) is 70.0 Å². The SMILES string of the molecule is CC(C)(C#N)CCNCc1ccc(S(C)(=O)=O)cc1. The van der Waals surface area contributed by atoms with Crippen molar-refractivity contribution in [2.75, 3.05) is 12.8 Å². The maximum atomic E-state index is 11.3. The summed E-state index contributed by atoms with van der Waals surface area (Å²) in [6.07, 6.45) is 1.98. The van der Waals surface area contributed by atoms with E-state index in [1.807, 2.05) is 13.8 Å². The maximum Gasteiger partial charge on any atom is 0.175 e. The predicted octanol–water partition coefficient (Wildman–Crippen LogP) is 2.12. The van der Waals surface area contributed by atoms with Crippen molar-refractivity contribution in [2.45, 2.75) is 31.7 Å². The number of nitrogens with zero attached hydrogens (tertiary/aromatic N) is 1. The monoisotopic (exact) mass is 280 g/mol. The van der Waals surface area contributed by atoms with E-state index in [1.165, 1.54) is 6.26 Å². The molecule has 5 heteroatoms. The zero-order chi connectivity index (χ0) is 14.5. The lowest BCUT2D eigenvalue weighted by atomic mass is 9.91. The molecule has 0 aliphatic rings. The summed E-state index contributed by atoms with van der Waals surface area (Å²) in [5, 5.41) is 12.1. The quantitative estimate of drug-likeness (QED) is 0.810. The van der Waals surface area contributed by atoms with Gasteiger partial charge < -0.3 is 5.32 Å². The van der Waals surface area contributed by atoms with Crippen molar-refractivity contribution >= 4 is 9.84 Å². The van der Waals surface area contributed by atoms with Crippen LogP contribution in [0.3, 0.4) is 0 Å². The Morgan fingerprint density at radius 2 is 1.84 bits per heavy atom. The highest BCUT2D eigenvalue weighted by atomic mass is 32.2. The van der Waals surface area contributed by atoms with Crippen LogP contribution >= 0.6 is 0 Å². The molecule has 0 aliphatic heterocycles. The molecule has 0 heterocycles. The van der Waals surface area contributed by atoms with Gasteiger partial charge >= 0.3 is 0 Å². The van der Waals surface area contributed by atoms with Crippen molar-refractivity contribution in [1.82, 2.24) is 5.32 Å². The molecule has 0 radical (unpaired) electrons. The first-order valence-electron chi connectivity index (χ1n) is 6.15. The molecule has 0 bridgehead atoms. The molecule has 1 N–H and O–H groups in total. The zero-order valence-electron chi connectivity index (χ0n) is 11.6. The van der Waals surface area contributed by atoms with Crippen molar-refractivity contribution in [3.8, 4) is 6.07 Å². The van der Waals surface area contributed by atoms with Crippen LogP contribution < -0.4 is 5.32 Å². The molecule has 0 saturated carbocycles. The Hall–Kier alpha value is -1.38. The van der Waals surface area contributed by atoms with Crippen molar-refractivity contribution in [2.24, 2.45) is 5.41 Å². The van der Waals surface area contributed by atoms with Crippen LogP contribution in [0.2, 0.25) is 0 Å². The Balaban J connectivity index is 2.46. The number of sulfone groups is 1. The van der Waals surface area contributed by atoms with Crippen LogP contribution in [0.15, 0.2) is 29.2 Å². The number of rotatable bonds is 6. The largest absolute Gasteiger partial charge is 0.313 e. The fraction of sp³-hybridized carbons (Fsp3) is 0.500. The van der Waals surface area contributed by atoms with Gasteiger partial charge in [0.1, 0.15) is 0 Å². The van der Waals surface area contributed by atoms with E-state index in [2.05, 4.69) is 11.4 Å². The maximum absolute atomic E-state index is 11.3. The van der Waals surface area contributed by atoms with Crippen LogP contribution in [0.1, 0.15) is 25.8 Å². The minimum atomic E-state index is -3.12. The molecule has 0 atom stereocenters. The molecule has 4 nitrogen and oxygen atoms in total. The molecule has 0 spiro atoms. The molecule has 1 rings (SSSR count). The third-order valence-electron chi connectivity index (χ3n) is 2.91. The van der Waals surface area contributed by atoms with E-state index in [1.54, 1.807) is 24.3 Å². The summed E-state index contributed by atoms with van der Waals surface area (Å²) in [6, 6.07) is 9.10. The molecule has 0 fully saturated rings. The van der Waals surface area contributed by atoms with Crippen LogP contribution in [0.25, 0.3) is 0 Å². The minimum absolute atomic E-state index is 0.312. The summed E-state index contributed by atoms with van der Waals surface area (Å²) >= 11 is 0. The highest BCUT2D eigenvalue weighted by Gasteiger charge is 2.15. The first kappa shape index (κ1) is 15.7. The zero-order valence-corrected chi connectivity index (χ0v) is 12.4. The van der Waals surface area contributed by atoms with E-state index >= 15 is 0 Å². The normalized spacial score (nSPS) is 12.1. The lowest BCUT2D eigenvalue weighted by Gasteiger charge is -2.15. The van der Waals surface area contributed by atoms with Crippen LogP contribution in [0.5, 0.6) is 0 Å². The summed E-state index contributed by atoms with van der Waals surface area (Å²) in [6.45, 7) is 5.26. The van der Waals surface area contributed by atoms with Gasteiger partial charge in [-0.1, -0.05) is 12.1 Å². The number of nitrogens with one attached hydrogen (secondary N) is 1. The lowest BCUT2D eigenvalue weighted by Crippen LogP contribution is -2.21. The van der Waals surface area contributed by atoms with Crippen LogP contribution in [0, 0.1) is 16.7 Å². The molecular formula is C14H20N2O2S. The third-order valence-corrected chi connectivity index (χ3v) is 4.04. The van der Waals surface area contributed by atoms with Crippen LogP contribution in [0.4, 0.5) is 0 Å². The van der Waals surface area contributed by atoms with Gasteiger partial charge in [0, 0.05) is 12.8 Å². The van der Waals surface area contributed by atoms with E-state index < -0.39 is 9.84 Å². The van der Waals surface area contributed by atoms with Crippen molar-refractivity contribution < 1.29 is 8.42 Å². The Morgan fingerprint density at radius 3 is 2.32 bits per heavy atom. The summed E-state index contributed by atoms with van der Waals surface area (Å²) in [5.41, 5.74) is 0.717. The van der Waals surface area contributed by atoms with Crippen molar-refractivity contribution in [3.63, 3.8) is 0 Å². The molecule has 1 aromatic rings. The fourth-order valence-corrected chi connectivity index (χ4v) is 2.17. The minimum Gasteiger partial charge on any atom is -0.313 e. The van der Waals surface area contributed by atoms with E-state index in [0.717, 1.165) is 18.5 Å². The van der Waals surface area contributed by atoms with E-state index in [0.29, 0.717) is 11.4 Å². The van der Waals surface area contributed by atoms with E-state index in [9.17, 15) is 8.42 Å². The average Bonchev–Trinajstić information content (AvgIpc) is 2.34. The molecule has 0 amide bonds.